The van der Waals surface area contributed by atoms with Gasteiger partial charge in [0.25, 0.3) is 5.56 Å². The normalized spacial score (nSPS) is 23.1. The third-order valence-electron chi connectivity index (χ3n) is 9.91. The van der Waals surface area contributed by atoms with Crippen molar-refractivity contribution in [3.05, 3.63) is 75.8 Å². The molecular formula is C36H33FN7O13P. The molecule has 1 amide bonds. The van der Waals surface area contributed by atoms with Crippen LogP contribution >= 0.6 is 7.82 Å². The molecule has 0 aliphatic carbocycles. The van der Waals surface area contributed by atoms with Crippen molar-refractivity contribution in [1.82, 2.24) is 29.1 Å². The number of hydrogen-bond donors (Lipinski definition) is 2. The van der Waals surface area contributed by atoms with Crippen LogP contribution in [-0.2, 0) is 70.5 Å². The Morgan fingerprint density at radius 1 is 1.07 bits per heavy atom. The van der Waals surface area contributed by atoms with Crippen molar-refractivity contribution < 1.29 is 61.0 Å². The molecule has 4 aromatic heterocycles. The van der Waals surface area contributed by atoms with Gasteiger partial charge in [0.2, 0.25) is 11.5 Å². The average molecular weight is 822 g/mol. The van der Waals surface area contributed by atoms with Crippen molar-refractivity contribution in [2.24, 2.45) is 0 Å². The fourth-order valence-electron chi connectivity index (χ4n) is 7.50. The van der Waals surface area contributed by atoms with Crippen LogP contribution in [-0.4, -0.2) is 82.7 Å². The van der Waals surface area contributed by atoms with E-state index in [0.29, 0.717) is 16.9 Å². The summed E-state index contributed by atoms with van der Waals surface area (Å²) >= 11 is 0. The zero-order valence-electron chi connectivity index (χ0n) is 31.0. The lowest BCUT2D eigenvalue weighted by Crippen LogP contribution is -2.46. The number of hydrogen-bond acceptors (Lipinski definition) is 16. The molecule has 1 fully saturated rings. The number of benzene rings is 1. The molecule has 5 aromatic rings. The highest BCUT2D eigenvalue weighted by molar-refractivity contribution is 7.47. The third kappa shape index (κ3) is 6.69. The number of imidazole rings is 1. The second kappa shape index (κ2) is 14.4. The SMILES string of the molecule is CCC1(OP(=O)(O)OCC2OC(n3cnc4c(NC(C)=O)nc(F)nc43)C(OC(C)=O)C2OC(C)=O)C(=O)OCc2c1cc1n(c2=O)Cc2cc3ccccc3nc2-1. The summed E-state index contributed by atoms with van der Waals surface area (Å²) in [6.07, 6.45) is -6.41. The molecule has 1 saturated heterocycles. The Hall–Kier alpha value is -5.99. The number of aromatic nitrogens is 6. The number of cyclic esters (lactones) is 1. The number of anilines is 1. The number of pyridine rings is 2. The molecule has 0 saturated carbocycles. The largest absolute Gasteiger partial charge is 0.473 e. The molecule has 0 bridgehead atoms. The molecule has 0 spiro atoms. The number of rotatable bonds is 10. The molecule has 22 heteroatoms. The maximum atomic E-state index is 14.6. The summed E-state index contributed by atoms with van der Waals surface area (Å²) in [4.78, 5) is 91.5. The molecule has 6 unspecified atom stereocenters. The van der Waals surface area contributed by atoms with Crippen LogP contribution in [0.25, 0.3) is 33.5 Å². The first kappa shape index (κ1) is 38.9. The van der Waals surface area contributed by atoms with E-state index in [-0.39, 0.29) is 41.1 Å². The van der Waals surface area contributed by atoms with E-state index in [4.69, 9.17) is 33.0 Å². The number of nitrogens with zero attached hydrogens (tertiary/aromatic N) is 6. The minimum absolute atomic E-state index is 0.00656. The van der Waals surface area contributed by atoms with Crippen molar-refractivity contribution >= 4 is 59.5 Å². The second-order valence-corrected chi connectivity index (χ2v) is 15.1. The summed E-state index contributed by atoms with van der Waals surface area (Å²) in [5.41, 5.74) is -0.843. The smallest absolute Gasteiger partial charge is 0.458 e. The van der Waals surface area contributed by atoms with Crippen LogP contribution in [0.4, 0.5) is 10.2 Å². The Morgan fingerprint density at radius 3 is 2.53 bits per heavy atom. The molecule has 2 N–H and O–H groups in total. The summed E-state index contributed by atoms with van der Waals surface area (Å²) in [5.74, 6) is -3.65. The monoisotopic (exact) mass is 821 g/mol. The number of phosphoric acid groups is 1. The lowest BCUT2D eigenvalue weighted by molar-refractivity contribution is -0.171. The first-order valence-corrected chi connectivity index (χ1v) is 19.3. The highest BCUT2D eigenvalue weighted by Crippen LogP contribution is 2.54. The number of para-hydroxylation sites is 1. The van der Waals surface area contributed by atoms with Gasteiger partial charge in [0, 0.05) is 37.3 Å². The maximum Gasteiger partial charge on any atom is 0.473 e. The van der Waals surface area contributed by atoms with E-state index in [1.54, 1.807) is 0 Å². The zero-order chi connectivity index (χ0) is 41.3. The minimum Gasteiger partial charge on any atom is -0.458 e. The number of halogens is 1. The van der Waals surface area contributed by atoms with Crippen LogP contribution in [0.1, 0.15) is 57.0 Å². The molecule has 3 aliphatic rings. The Balaban J connectivity index is 1.12. The molecule has 8 rings (SSSR count). The van der Waals surface area contributed by atoms with E-state index in [0.717, 1.165) is 35.7 Å². The topological polar surface area (TPSA) is 251 Å². The Labute approximate surface area is 325 Å². The molecule has 20 nitrogen and oxygen atoms in total. The highest BCUT2D eigenvalue weighted by atomic mass is 31.2. The average Bonchev–Trinajstić information content (AvgIpc) is 3.84. The van der Waals surface area contributed by atoms with E-state index in [2.05, 4.69) is 20.3 Å². The first-order chi connectivity index (χ1) is 27.6. The van der Waals surface area contributed by atoms with Gasteiger partial charge in [0.1, 0.15) is 12.7 Å². The van der Waals surface area contributed by atoms with Gasteiger partial charge in [-0.3, -0.25) is 32.8 Å². The van der Waals surface area contributed by atoms with Crippen molar-refractivity contribution in [2.75, 3.05) is 11.9 Å². The predicted molar refractivity (Wildman–Crippen MR) is 194 cm³/mol. The van der Waals surface area contributed by atoms with Crippen LogP contribution in [0.5, 0.6) is 0 Å². The van der Waals surface area contributed by atoms with Crippen LogP contribution in [0, 0.1) is 6.08 Å². The number of ether oxygens (including phenoxy) is 4. The summed E-state index contributed by atoms with van der Waals surface area (Å²) in [6, 6.07) is 10.8. The summed E-state index contributed by atoms with van der Waals surface area (Å²) < 4.78 is 64.6. The summed E-state index contributed by atoms with van der Waals surface area (Å²) in [6.45, 7) is 3.66. The number of nitrogens with one attached hydrogen (secondary N) is 1. The molecule has 6 atom stereocenters. The summed E-state index contributed by atoms with van der Waals surface area (Å²) in [5, 5.41) is 3.21. The van der Waals surface area contributed by atoms with Crippen molar-refractivity contribution in [3.63, 3.8) is 0 Å². The fraction of sp³-hybridized carbons (Fsp3) is 0.361. The van der Waals surface area contributed by atoms with Gasteiger partial charge in [0.05, 0.1) is 41.9 Å². The molecular weight excluding hydrogens is 788 g/mol. The highest BCUT2D eigenvalue weighted by Gasteiger charge is 2.55. The van der Waals surface area contributed by atoms with Gasteiger partial charge in [-0.25, -0.2) is 19.3 Å². The van der Waals surface area contributed by atoms with Gasteiger partial charge in [-0.2, -0.15) is 14.4 Å². The molecule has 7 heterocycles. The first-order valence-electron chi connectivity index (χ1n) is 17.8. The standard InChI is InChI=1S/C36H33FN7O13P/c1-5-36(22-11-24-26-20(10-19-8-6-7-9-23(19)40-26)12-43(24)32(48)21(22)13-52-34(36)49)57-58(50,51)53-14-25-28(54-17(3)46)29(55-18(4)47)33(56-25)44-15-38-27-30(39-16(2)45)41-35(37)42-31(27)44/h6-11,15,25,28-29,33H,5,12-14H2,1-4H3,(H,50,51)(H,39,41,42,45). The number of carbonyl (C=O) groups excluding carboxylic acids is 4. The number of esters is 3. The van der Waals surface area contributed by atoms with Crippen molar-refractivity contribution in [3.8, 4) is 11.4 Å². The Kier molecular flexibility index (Phi) is 9.67. The van der Waals surface area contributed by atoms with E-state index in [1.807, 2.05) is 30.3 Å². The lowest BCUT2D eigenvalue weighted by Gasteiger charge is -2.36. The molecule has 3 aliphatic heterocycles. The van der Waals surface area contributed by atoms with Crippen LogP contribution in [0.2, 0.25) is 0 Å². The van der Waals surface area contributed by atoms with E-state index < -0.39 is 86.6 Å². The minimum atomic E-state index is -5.36. The molecule has 302 valence electrons. The van der Waals surface area contributed by atoms with Gasteiger partial charge >= 0.3 is 31.8 Å². The summed E-state index contributed by atoms with van der Waals surface area (Å²) in [7, 11) is -5.36. The second-order valence-electron chi connectivity index (χ2n) is 13.7. The van der Waals surface area contributed by atoms with E-state index in [9.17, 15) is 37.8 Å². The lowest BCUT2D eigenvalue weighted by atomic mass is 9.86. The third-order valence-corrected chi connectivity index (χ3v) is 10.9. The number of phosphoric ester groups is 1. The van der Waals surface area contributed by atoms with Gasteiger partial charge in [-0.05, 0) is 24.6 Å². The zero-order valence-corrected chi connectivity index (χ0v) is 31.9. The van der Waals surface area contributed by atoms with Crippen LogP contribution in [0.3, 0.4) is 0 Å². The van der Waals surface area contributed by atoms with Gasteiger partial charge in [-0.1, -0.05) is 25.1 Å². The van der Waals surface area contributed by atoms with Crippen molar-refractivity contribution in [1.29, 1.82) is 0 Å². The Bertz CT molecular complexity index is 2690. The number of amides is 1. The van der Waals surface area contributed by atoms with Crippen LogP contribution in [0.15, 0.2) is 47.5 Å². The van der Waals surface area contributed by atoms with Gasteiger partial charge in [-0.15, -0.1) is 0 Å². The molecule has 1 aromatic carbocycles. The quantitative estimate of drug-likeness (QED) is 0.0872. The van der Waals surface area contributed by atoms with Crippen LogP contribution < -0.4 is 10.9 Å². The molecule has 0 radical (unpaired) electrons. The van der Waals surface area contributed by atoms with Gasteiger partial charge < -0.3 is 33.7 Å². The number of fused-ring (bicyclic) bond motifs is 6. The molecule has 58 heavy (non-hydrogen) atoms. The van der Waals surface area contributed by atoms with Crippen molar-refractivity contribution in [2.45, 2.75) is 77.4 Å². The van der Waals surface area contributed by atoms with Gasteiger partial charge in [0.15, 0.2) is 35.4 Å². The maximum absolute atomic E-state index is 14.6. The Morgan fingerprint density at radius 2 is 1.81 bits per heavy atom. The van der Waals surface area contributed by atoms with E-state index >= 15 is 0 Å². The van der Waals surface area contributed by atoms with E-state index in [1.165, 1.54) is 24.5 Å². The fourth-order valence-corrected chi connectivity index (χ4v) is 8.59. The number of carbonyl (C=O) groups is 4. The predicted octanol–water partition coefficient (Wildman–Crippen LogP) is 2.92.